The summed E-state index contributed by atoms with van der Waals surface area (Å²) in [5, 5.41) is 7.68. The van der Waals surface area contributed by atoms with Crippen LogP contribution in [0.2, 0.25) is 0 Å². The van der Waals surface area contributed by atoms with Crippen LogP contribution in [-0.2, 0) is 11.2 Å². The molecule has 0 saturated heterocycles. The SMILES string of the molecule is COc1cc2c(nn1)CC(=O)C=C2. The molecular weight excluding hydrogens is 168 g/mol. The summed E-state index contributed by atoms with van der Waals surface area (Å²) >= 11 is 0. The van der Waals surface area contributed by atoms with E-state index in [9.17, 15) is 4.79 Å². The van der Waals surface area contributed by atoms with E-state index < -0.39 is 0 Å². The minimum absolute atomic E-state index is 0.0620. The number of hydrogen-bond acceptors (Lipinski definition) is 4. The van der Waals surface area contributed by atoms with Crippen LogP contribution >= 0.6 is 0 Å². The Hall–Kier alpha value is -1.71. The number of rotatable bonds is 1. The van der Waals surface area contributed by atoms with Gasteiger partial charge < -0.3 is 4.74 Å². The molecule has 0 radical (unpaired) electrons. The third kappa shape index (κ3) is 1.42. The number of methoxy groups -OCH3 is 1. The number of aromatic nitrogens is 2. The van der Waals surface area contributed by atoms with Crippen molar-refractivity contribution in [3.05, 3.63) is 23.4 Å². The van der Waals surface area contributed by atoms with Crippen LogP contribution in [0.1, 0.15) is 11.3 Å². The molecule has 0 spiro atoms. The smallest absolute Gasteiger partial charge is 0.233 e. The maximum atomic E-state index is 11.0. The van der Waals surface area contributed by atoms with E-state index in [4.69, 9.17) is 4.74 Å². The van der Waals surface area contributed by atoms with Gasteiger partial charge in [-0.3, -0.25) is 4.79 Å². The quantitative estimate of drug-likeness (QED) is 0.629. The molecule has 1 aromatic rings. The van der Waals surface area contributed by atoms with Crippen molar-refractivity contribution in [2.24, 2.45) is 0 Å². The summed E-state index contributed by atoms with van der Waals surface area (Å²) in [6, 6.07) is 1.77. The summed E-state index contributed by atoms with van der Waals surface area (Å²) in [6.45, 7) is 0. The number of nitrogens with zero attached hydrogens (tertiary/aromatic N) is 2. The Morgan fingerprint density at radius 1 is 1.38 bits per heavy atom. The summed E-state index contributed by atoms with van der Waals surface area (Å²) in [4.78, 5) is 11.0. The van der Waals surface area contributed by atoms with Gasteiger partial charge in [-0.25, -0.2) is 0 Å². The van der Waals surface area contributed by atoms with Crippen LogP contribution in [-0.4, -0.2) is 23.1 Å². The molecule has 4 nitrogen and oxygen atoms in total. The maximum absolute atomic E-state index is 11.0. The van der Waals surface area contributed by atoms with E-state index in [0.29, 0.717) is 18.0 Å². The monoisotopic (exact) mass is 176 g/mol. The Morgan fingerprint density at radius 3 is 3.00 bits per heavy atom. The maximum Gasteiger partial charge on any atom is 0.233 e. The van der Waals surface area contributed by atoms with Crippen LogP contribution in [0.15, 0.2) is 12.1 Å². The fourth-order valence-electron chi connectivity index (χ4n) is 1.20. The zero-order chi connectivity index (χ0) is 9.26. The lowest BCUT2D eigenvalue weighted by atomic mass is 10.0. The van der Waals surface area contributed by atoms with Crippen molar-refractivity contribution < 1.29 is 9.53 Å². The van der Waals surface area contributed by atoms with Crippen LogP contribution in [0.4, 0.5) is 0 Å². The number of allylic oxidation sites excluding steroid dienone is 1. The molecule has 2 rings (SSSR count). The fourth-order valence-corrected chi connectivity index (χ4v) is 1.20. The molecule has 0 fully saturated rings. The number of carbonyl (C=O) groups excluding carboxylic acids is 1. The molecule has 1 aliphatic rings. The van der Waals surface area contributed by atoms with Crippen LogP contribution < -0.4 is 4.74 Å². The fraction of sp³-hybridized carbons (Fsp3) is 0.222. The molecule has 66 valence electrons. The predicted molar refractivity (Wildman–Crippen MR) is 46.3 cm³/mol. The first-order valence-electron chi connectivity index (χ1n) is 3.91. The van der Waals surface area contributed by atoms with Gasteiger partial charge in [0, 0.05) is 11.6 Å². The van der Waals surface area contributed by atoms with Crippen molar-refractivity contribution in [3.63, 3.8) is 0 Å². The Morgan fingerprint density at radius 2 is 2.23 bits per heavy atom. The molecule has 0 atom stereocenters. The van der Waals surface area contributed by atoms with Crippen molar-refractivity contribution in [1.82, 2.24) is 10.2 Å². The van der Waals surface area contributed by atoms with Gasteiger partial charge in [-0.15, -0.1) is 5.10 Å². The largest absolute Gasteiger partial charge is 0.480 e. The van der Waals surface area contributed by atoms with Gasteiger partial charge in [0.15, 0.2) is 5.78 Å². The van der Waals surface area contributed by atoms with E-state index in [0.717, 1.165) is 5.56 Å². The number of ketones is 1. The number of carbonyl (C=O) groups is 1. The second kappa shape index (κ2) is 2.97. The topological polar surface area (TPSA) is 52.1 Å². The Balaban J connectivity index is 2.45. The van der Waals surface area contributed by atoms with Gasteiger partial charge in [0.2, 0.25) is 5.88 Å². The predicted octanol–water partition coefficient (Wildman–Crippen LogP) is 0.624. The van der Waals surface area contributed by atoms with Crippen molar-refractivity contribution in [2.75, 3.05) is 7.11 Å². The van der Waals surface area contributed by atoms with Gasteiger partial charge >= 0.3 is 0 Å². The first-order chi connectivity index (χ1) is 6.29. The van der Waals surface area contributed by atoms with Crippen molar-refractivity contribution in [2.45, 2.75) is 6.42 Å². The first kappa shape index (κ1) is 7.91. The number of hydrogen-bond donors (Lipinski definition) is 0. The molecule has 1 aliphatic carbocycles. The van der Waals surface area contributed by atoms with Crippen molar-refractivity contribution >= 4 is 11.9 Å². The summed E-state index contributed by atoms with van der Waals surface area (Å²) in [7, 11) is 1.54. The lowest BCUT2D eigenvalue weighted by molar-refractivity contribution is -0.114. The highest BCUT2D eigenvalue weighted by molar-refractivity contribution is 5.97. The molecule has 0 bridgehead atoms. The first-order valence-corrected chi connectivity index (χ1v) is 3.91. The Labute approximate surface area is 75.2 Å². The summed E-state index contributed by atoms with van der Waals surface area (Å²) in [5.41, 5.74) is 1.62. The third-order valence-electron chi connectivity index (χ3n) is 1.88. The van der Waals surface area contributed by atoms with Gasteiger partial charge in [0.05, 0.1) is 19.2 Å². The molecule has 0 aliphatic heterocycles. The summed E-state index contributed by atoms with van der Waals surface area (Å²) in [6.07, 6.45) is 3.62. The van der Waals surface area contributed by atoms with Gasteiger partial charge in [-0.05, 0) is 12.2 Å². The molecule has 0 saturated carbocycles. The second-order valence-electron chi connectivity index (χ2n) is 2.77. The lowest BCUT2D eigenvalue weighted by Gasteiger charge is -2.07. The van der Waals surface area contributed by atoms with Crippen molar-refractivity contribution in [3.8, 4) is 5.88 Å². The van der Waals surface area contributed by atoms with E-state index in [1.165, 1.54) is 7.11 Å². The number of fused-ring (bicyclic) bond motifs is 1. The van der Waals surface area contributed by atoms with E-state index >= 15 is 0 Å². The van der Waals surface area contributed by atoms with Crippen molar-refractivity contribution in [1.29, 1.82) is 0 Å². The lowest BCUT2D eigenvalue weighted by Crippen LogP contribution is -2.09. The number of ether oxygens (including phenoxy) is 1. The molecule has 0 N–H and O–H groups in total. The van der Waals surface area contributed by atoms with Crippen LogP contribution in [0.3, 0.4) is 0 Å². The van der Waals surface area contributed by atoms with E-state index in [1.807, 2.05) is 0 Å². The van der Waals surface area contributed by atoms with E-state index in [2.05, 4.69) is 10.2 Å². The molecule has 1 heterocycles. The average molecular weight is 176 g/mol. The summed E-state index contributed by atoms with van der Waals surface area (Å²) in [5.74, 6) is 0.532. The zero-order valence-electron chi connectivity index (χ0n) is 7.15. The normalized spacial score (nSPS) is 14.1. The molecule has 4 heteroatoms. The molecular formula is C9H8N2O2. The van der Waals surface area contributed by atoms with Gasteiger partial charge in [0.25, 0.3) is 0 Å². The second-order valence-corrected chi connectivity index (χ2v) is 2.77. The van der Waals surface area contributed by atoms with Crippen LogP contribution in [0.25, 0.3) is 6.08 Å². The third-order valence-corrected chi connectivity index (χ3v) is 1.88. The van der Waals surface area contributed by atoms with Crippen LogP contribution in [0.5, 0.6) is 5.88 Å². The molecule has 0 aromatic carbocycles. The van der Waals surface area contributed by atoms with Gasteiger partial charge in [-0.1, -0.05) is 0 Å². The molecule has 13 heavy (non-hydrogen) atoms. The minimum Gasteiger partial charge on any atom is -0.480 e. The average Bonchev–Trinajstić information content (AvgIpc) is 2.17. The van der Waals surface area contributed by atoms with E-state index in [1.54, 1.807) is 18.2 Å². The van der Waals surface area contributed by atoms with Gasteiger partial charge in [-0.2, -0.15) is 5.10 Å². The highest BCUT2D eigenvalue weighted by Crippen LogP contribution is 2.17. The highest BCUT2D eigenvalue weighted by Gasteiger charge is 2.12. The zero-order valence-corrected chi connectivity index (χ0v) is 7.15. The minimum atomic E-state index is 0.0620. The van der Waals surface area contributed by atoms with Crippen LogP contribution in [0, 0.1) is 0 Å². The Bertz CT molecular complexity index is 385. The van der Waals surface area contributed by atoms with Gasteiger partial charge in [0.1, 0.15) is 0 Å². The Kier molecular flexibility index (Phi) is 1.81. The standard InChI is InChI=1S/C9H8N2O2/c1-13-9-4-6-2-3-7(12)5-8(6)10-11-9/h2-4H,5H2,1H3. The highest BCUT2D eigenvalue weighted by atomic mass is 16.5. The molecule has 0 amide bonds. The van der Waals surface area contributed by atoms with E-state index in [-0.39, 0.29) is 5.78 Å². The summed E-state index contributed by atoms with van der Waals surface area (Å²) < 4.78 is 4.91. The molecule has 1 aromatic heterocycles. The molecule has 0 unspecified atom stereocenters.